The molecule has 0 saturated heterocycles. The standard InChI is InChI=1S/C15H17NO/c1-11(2)14-9-13(10-16-15(14)17-3)12-7-5-4-6-8-12/h4-11H,1-3H3. The van der Waals surface area contributed by atoms with Crippen molar-refractivity contribution in [3.8, 4) is 17.0 Å². The predicted octanol–water partition coefficient (Wildman–Crippen LogP) is 3.88. The Labute approximate surface area is 102 Å². The van der Waals surface area contributed by atoms with Gasteiger partial charge in [0.05, 0.1) is 7.11 Å². The molecule has 1 heterocycles. The van der Waals surface area contributed by atoms with Crippen LogP contribution in [0.15, 0.2) is 42.6 Å². The van der Waals surface area contributed by atoms with Crippen molar-refractivity contribution in [1.29, 1.82) is 0 Å². The van der Waals surface area contributed by atoms with Gasteiger partial charge in [0.1, 0.15) is 0 Å². The van der Waals surface area contributed by atoms with E-state index in [1.807, 2.05) is 24.4 Å². The number of benzene rings is 1. The van der Waals surface area contributed by atoms with Crippen LogP contribution < -0.4 is 4.74 Å². The Balaban J connectivity index is 2.48. The first-order valence-corrected chi connectivity index (χ1v) is 5.81. The summed E-state index contributed by atoms with van der Waals surface area (Å²) in [6, 6.07) is 12.4. The van der Waals surface area contributed by atoms with Crippen LogP contribution in [0.2, 0.25) is 0 Å². The zero-order chi connectivity index (χ0) is 12.3. The number of aromatic nitrogens is 1. The van der Waals surface area contributed by atoms with Crippen molar-refractivity contribution in [2.24, 2.45) is 0 Å². The van der Waals surface area contributed by atoms with Gasteiger partial charge in [-0.3, -0.25) is 0 Å². The number of ether oxygens (including phenoxy) is 1. The first-order valence-electron chi connectivity index (χ1n) is 5.81. The van der Waals surface area contributed by atoms with Crippen molar-refractivity contribution in [1.82, 2.24) is 4.98 Å². The molecule has 0 saturated carbocycles. The Morgan fingerprint density at radius 2 is 1.76 bits per heavy atom. The predicted molar refractivity (Wildman–Crippen MR) is 70.3 cm³/mol. The lowest BCUT2D eigenvalue weighted by molar-refractivity contribution is 0.390. The Morgan fingerprint density at radius 1 is 1.06 bits per heavy atom. The molecule has 0 unspecified atom stereocenters. The van der Waals surface area contributed by atoms with E-state index in [2.05, 4.69) is 37.0 Å². The summed E-state index contributed by atoms with van der Waals surface area (Å²) < 4.78 is 5.29. The molecule has 0 aliphatic carbocycles. The van der Waals surface area contributed by atoms with Crippen molar-refractivity contribution in [2.75, 3.05) is 7.11 Å². The van der Waals surface area contributed by atoms with Gasteiger partial charge in [-0.2, -0.15) is 0 Å². The Bertz CT molecular complexity index is 492. The third-order valence-corrected chi connectivity index (χ3v) is 2.80. The quantitative estimate of drug-likeness (QED) is 0.793. The van der Waals surface area contributed by atoms with Crippen LogP contribution in [0.25, 0.3) is 11.1 Å². The van der Waals surface area contributed by atoms with E-state index in [-0.39, 0.29) is 0 Å². The summed E-state index contributed by atoms with van der Waals surface area (Å²) in [5.41, 5.74) is 3.47. The SMILES string of the molecule is COc1ncc(-c2ccccc2)cc1C(C)C. The molecule has 0 spiro atoms. The van der Waals surface area contributed by atoms with Crippen molar-refractivity contribution in [2.45, 2.75) is 19.8 Å². The van der Waals surface area contributed by atoms with Crippen molar-refractivity contribution < 1.29 is 4.74 Å². The maximum atomic E-state index is 5.29. The lowest BCUT2D eigenvalue weighted by Gasteiger charge is -2.12. The van der Waals surface area contributed by atoms with E-state index in [1.165, 1.54) is 5.56 Å². The van der Waals surface area contributed by atoms with E-state index in [0.29, 0.717) is 5.92 Å². The van der Waals surface area contributed by atoms with E-state index >= 15 is 0 Å². The van der Waals surface area contributed by atoms with Gasteiger partial charge in [0.15, 0.2) is 0 Å². The second kappa shape index (κ2) is 5.00. The summed E-state index contributed by atoms with van der Waals surface area (Å²) in [6.45, 7) is 4.29. The smallest absolute Gasteiger partial charge is 0.216 e. The molecule has 0 N–H and O–H groups in total. The molecule has 2 rings (SSSR count). The molecule has 0 bridgehead atoms. The second-order valence-electron chi connectivity index (χ2n) is 4.34. The Morgan fingerprint density at radius 3 is 2.35 bits per heavy atom. The minimum absolute atomic E-state index is 0.404. The molecule has 0 aliphatic rings. The summed E-state index contributed by atoms with van der Waals surface area (Å²) in [5, 5.41) is 0. The van der Waals surface area contributed by atoms with Gasteiger partial charge in [0, 0.05) is 17.3 Å². The molecule has 0 radical (unpaired) electrons. The summed E-state index contributed by atoms with van der Waals surface area (Å²) in [6.07, 6.45) is 1.86. The van der Waals surface area contributed by atoms with Gasteiger partial charge in [-0.05, 0) is 17.5 Å². The third kappa shape index (κ3) is 2.47. The number of hydrogen-bond acceptors (Lipinski definition) is 2. The van der Waals surface area contributed by atoms with E-state index in [1.54, 1.807) is 7.11 Å². The molecule has 0 amide bonds. The lowest BCUT2D eigenvalue weighted by atomic mass is 10.00. The minimum atomic E-state index is 0.404. The van der Waals surface area contributed by atoms with Crippen LogP contribution in [-0.4, -0.2) is 12.1 Å². The molecule has 17 heavy (non-hydrogen) atoms. The van der Waals surface area contributed by atoms with Crippen LogP contribution in [0.3, 0.4) is 0 Å². The first kappa shape index (κ1) is 11.6. The molecule has 0 atom stereocenters. The molecular weight excluding hydrogens is 210 g/mol. The van der Waals surface area contributed by atoms with Gasteiger partial charge < -0.3 is 4.74 Å². The average Bonchev–Trinajstić information content (AvgIpc) is 2.39. The zero-order valence-electron chi connectivity index (χ0n) is 10.5. The zero-order valence-corrected chi connectivity index (χ0v) is 10.5. The van der Waals surface area contributed by atoms with Gasteiger partial charge in [-0.25, -0.2) is 4.98 Å². The fraction of sp³-hybridized carbons (Fsp3) is 0.267. The highest BCUT2D eigenvalue weighted by molar-refractivity contribution is 5.64. The highest BCUT2D eigenvalue weighted by Crippen LogP contribution is 2.29. The van der Waals surface area contributed by atoms with E-state index in [4.69, 9.17) is 4.74 Å². The monoisotopic (exact) mass is 227 g/mol. The molecule has 1 aromatic carbocycles. The fourth-order valence-corrected chi connectivity index (χ4v) is 1.84. The van der Waals surface area contributed by atoms with Gasteiger partial charge in [0.2, 0.25) is 5.88 Å². The van der Waals surface area contributed by atoms with Crippen LogP contribution in [0.1, 0.15) is 25.3 Å². The number of rotatable bonds is 3. The minimum Gasteiger partial charge on any atom is -0.481 e. The van der Waals surface area contributed by atoms with Gasteiger partial charge in [0.25, 0.3) is 0 Å². The third-order valence-electron chi connectivity index (χ3n) is 2.80. The normalized spacial score (nSPS) is 10.6. The lowest BCUT2D eigenvalue weighted by Crippen LogP contribution is -1.97. The van der Waals surface area contributed by atoms with Crippen LogP contribution >= 0.6 is 0 Å². The first-order chi connectivity index (χ1) is 8.22. The molecule has 2 aromatic rings. The van der Waals surface area contributed by atoms with Gasteiger partial charge >= 0.3 is 0 Å². The van der Waals surface area contributed by atoms with E-state index < -0.39 is 0 Å². The summed E-state index contributed by atoms with van der Waals surface area (Å²) in [7, 11) is 1.66. The van der Waals surface area contributed by atoms with Crippen LogP contribution in [0.4, 0.5) is 0 Å². The maximum absolute atomic E-state index is 5.29. The number of hydrogen-bond donors (Lipinski definition) is 0. The van der Waals surface area contributed by atoms with Gasteiger partial charge in [-0.15, -0.1) is 0 Å². The second-order valence-corrected chi connectivity index (χ2v) is 4.34. The summed E-state index contributed by atoms with van der Waals surface area (Å²) >= 11 is 0. The molecule has 88 valence electrons. The van der Waals surface area contributed by atoms with Crippen molar-refractivity contribution in [3.05, 3.63) is 48.2 Å². The van der Waals surface area contributed by atoms with Crippen molar-refractivity contribution in [3.63, 3.8) is 0 Å². The molecule has 0 fully saturated rings. The molecular formula is C15H17NO. The molecule has 2 nitrogen and oxygen atoms in total. The number of methoxy groups -OCH3 is 1. The highest BCUT2D eigenvalue weighted by Gasteiger charge is 2.10. The Hall–Kier alpha value is -1.83. The fourth-order valence-electron chi connectivity index (χ4n) is 1.84. The number of pyridine rings is 1. The molecule has 1 aromatic heterocycles. The average molecular weight is 227 g/mol. The highest BCUT2D eigenvalue weighted by atomic mass is 16.5. The topological polar surface area (TPSA) is 22.1 Å². The number of nitrogens with zero attached hydrogens (tertiary/aromatic N) is 1. The maximum Gasteiger partial charge on any atom is 0.216 e. The largest absolute Gasteiger partial charge is 0.481 e. The van der Waals surface area contributed by atoms with E-state index in [9.17, 15) is 0 Å². The summed E-state index contributed by atoms with van der Waals surface area (Å²) in [4.78, 5) is 4.37. The van der Waals surface area contributed by atoms with Crippen molar-refractivity contribution >= 4 is 0 Å². The van der Waals surface area contributed by atoms with Crippen LogP contribution in [0.5, 0.6) is 5.88 Å². The Kier molecular flexibility index (Phi) is 3.43. The summed E-state index contributed by atoms with van der Waals surface area (Å²) in [5.74, 6) is 1.13. The van der Waals surface area contributed by atoms with Gasteiger partial charge in [-0.1, -0.05) is 44.2 Å². The van der Waals surface area contributed by atoms with Crippen LogP contribution in [0, 0.1) is 0 Å². The van der Waals surface area contributed by atoms with E-state index in [0.717, 1.165) is 17.0 Å². The molecule has 0 aliphatic heterocycles. The van der Waals surface area contributed by atoms with Crippen LogP contribution in [-0.2, 0) is 0 Å². The molecule has 2 heteroatoms.